The number of aliphatic hydroxyl groups is 2. The minimum Gasteiger partial charge on any atom is -0.382 e. The summed E-state index contributed by atoms with van der Waals surface area (Å²) in [5.41, 5.74) is 0. The van der Waals surface area contributed by atoms with Gasteiger partial charge in [-0.3, -0.25) is 14.5 Å². The maximum atomic E-state index is 10.9. The van der Waals surface area contributed by atoms with Crippen molar-refractivity contribution < 1.29 is 19.8 Å². The van der Waals surface area contributed by atoms with E-state index < -0.39 is 30.6 Å². The average Bonchev–Trinajstić information content (AvgIpc) is 2.17. The van der Waals surface area contributed by atoms with Crippen LogP contribution in [0.25, 0.3) is 0 Å². The second kappa shape index (κ2) is 2.60. The third kappa shape index (κ3) is 1.02. The van der Waals surface area contributed by atoms with E-state index in [0.29, 0.717) is 4.90 Å². The van der Waals surface area contributed by atoms with E-state index >= 15 is 0 Å². The number of imide groups is 1. The molecular weight excluding hydrogens is 150 g/mol. The summed E-state index contributed by atoms with van der Waals surface area (Å²) < 4.78 is 0. The van der Waals surface area contributed by atoms with Crippen molar-refractivity contribution in [2.24, 2.45) is 5.92 Å². The molecular formula is C6H9NO4. The van der Waals surface area contributed by atoms with E-state index in [1.807, 2.05) is 0 Å². The first-order chi connectivity index (χ1) is 5.09. The van der Waals surface area contributed by atoms with Crippen molar-refractivity contribution >= 4 is 11.8 Å². The highest BCUT2D eigenvalue weighted by Gasteiger charge is 2.43. The highest BCUT2D eigenvalue weighted by Crippen LogP contribution is 2.18. The van der Waals surface area contributed by atoms with Crippen molar-refractivity contribution in [1.82, 2.24) is 4.90 Å². The Morgan fingerprint density at radius 3 is 2.18 bits per heavy atom. The summed E-state index contributed by atoms with van der Waals surface area (Å²) in [5.74, 6) is -1.97. The maximum absolute atomic E-state index is 10.9. The summed E-state index contributed by atoms with van der Waals surface area (Å²) >= 11 is 0. The zero-order chi connectivity index (χ0) is 8.59. The molecule has 62 valence electrons. The summed E-state index contributed by atoms with van der Waals surface area (Å²) in [6, 6.07) is 0. The standard InChI is InChI=1S/C6H9NO4/c1-3-4(9)6(11)7(2-8)5(3)10/h3-4,8-9H,2H2,1H3. The zero-order valence-corrected chi connectivity index (χ0v) is 6.02. The molecule has 1 aliphatic rings. The van der Waals surface area contributed by atoms with Crippen molar-refractivity contribution in [2.45, 2.75) is 13.0 Å². The highest BCUT2D eigenvalue weighted by atomic mass is 16.3. The van der Waals surface area contributed by atoms with Gasteiger partial charge in [0, 0.05) is 0 Å². The van der Waals surface area contributed by atoms with Crippen molar-refractivity contribution in [1.29, 1.82) is 0 Å². The highest BCUT2D eigenvalue weighted by molar-refractivity contribution is 6.06. The first-order valence-corrected chi connectivity index (χ1v) is 3.23. The molecule has 0 aromatic carbocycles. The minimum absolute atomic E-state index is 0.523. The summed E-state index contributed by atoms with van der Waals surface area (Å²) in [6.07, 6.45) is -1.28. The topological polar surface area (TPSA) is 77.8 Å². The van der Waals surface area contributed by atoms with Crippen molar-refractivity contribution in [3.05, 3.63) is 0 Å². The molecule has 2 unspecified atom stereocenters. The van der Waals surface area contributed by atoms with Gasteiger partial charge in [0.1, 0.15) is 12.8 Å². The number of rotatable bonds is 1. The second-order valence-corrected chi connectivity index (χ2v) is 2.48. The van der Waals surface area contributed by atoms with Gasteiger partial charge >= 0.3 is 0 Å². The van der Waals surface area contributed by atoms with Gasteiger partial charge in [-0.15, -0.1) is 0 Å². The lowest BCUT2D eigenvalue weighted by Gasteiger charge is -2.07. The fraction of sp³-hybridized carbons (Fsp3) is 0.667. The molecule has 0 saturated carbocycles. The molecule has 11 heavy (non-hydrogen) atoms. The Kier molecular flexibility index (Phi) is 1.92. The van der Waals surface area contributed by atoms with E-state index in [4.69, 9.17) is 10.2 Å². The van der Waals surface area contributed by atoms with Gasteiger partial charge in [-0.1, -0.05) is 6.92 Å². The minimum atomic E-state index is -1.28. The zero-order valence-electron chi connectivity index (χ0n) is 6.02. The van der Waals surface area contributed by atoms with Crippen LogP contribution in [0.15, 0.2) is 0 Å². The summed E-state index contributed by atoms with van der Waals surface area (Å²) in [4.78, 5) is 22.4. The Labute approximate surface area is 63.2 Å². The Morgan fingerprint density at radius 1 is 1.45 bits per heavy atom. The number of nitrogens with zero attached hydrogens (tertiary/aromatic N) is 1. The van der Waals surface area contributed by atoms with E-state index in [2.05, 4.69) is 0 Å². The number of carbonyl (C=O) groups excluding carboxylic acids is 2. The third-order valence-corrected chi connectivity index (χ3v) is 1.79. The molecule has 0 aliphatic carbocycles. The molecule has 2 amide bonds. The fourth-order valence-corrected chi connectivity index (χ4v) is 1.00. The Bertz CT molecular complexity index is 183. The molecule has 0 aromatic rings. The van der Waals surface area contributed by atoms with Gasteiger partial charge < -0.3 is 10.2 Å². The molecule has 1 heterocycles. The summed E-state index contributed by atoms with van der Waals surface area (Å²) in [6.45, 7) is 0.791. The lowest BCUT2D eigenvalue weighted by molar-refractivity contribution is -0.144. The maximum Gasteiger partial charge on any atom is 0.260 e. The predicted octanol–water partition coefficient (Wildman–Crippen LogP) is -1.70. The molecule has 1 aliphatic heterocycles. The van der Waals surface area contributed by atoms with Crippen LogP contribution < -0.4 is 0 Å². The summed E-state index contributed by atoms with van der Waals surface area (Å²) in [5, 5.41) is 17.5. The monoisotopic (exact) mass is 159 g/mol. The van der Waals surface area contributed by atoms with Gasteiger partial charge in [-0.2, -0.15) is 0 Å². The van der Waals surface area contributed by atoms with Gasteiger partial charge in [-0.05, 0) is 0 Å². The van der Waals surface area contributed by atoms with Gasteiger partial charge in [0.05, 0.1) is 5.92 Å². The molecule has 0 spiro atoms. The van der Waals surface area contributed by atoms with E-state index in [-0.39, 0.29) is 0 Å². The van der Waals surface area contributed by atoms with Crippen LogP contribution in [0.5, 0.6) is 0 Å². The van der Waals surface area contributed by atoms with Gasteiger partial charge in [0.25, 0.3) is 5.91 Å². The predicted molar refractivity (Wildman–Crippen MR) is 34.1 cm³/mol. The third-order valence-electron chi connectivity index (χ3n) is 1.79. The molecule has 0 aromatic heterocycles. The van der Waals surface area contributed by atoms with Crippen LogP contribution in [0, 0.1) is 5.92 Å². The SMILES string of the molecule is CC1C(=O)N(CO)C(=O)C1O. The molecule has 1 fully saturated rings. The van der Waals surface area contributed by atoms with E-state index in [1.165, 1.54) is 6.92 Å². The van der Waals surface area contributed by atoms with Crippen molar-refractivity contribution in [3.8, 4) is 0 Å². The smallest absolute Gasteiger partial charge is 0.260 e. The lowest BCUT2D eigenvalue weighted by atomic mass is 10.1. The first-order valence-electron chi connectivity index (χ1n) is 3.23. The number of amides is 2. The molecule has 5 nitrogen and oxygen atoms in total. The van der Waals surface area contributed by atoms with Crippen LogP contribution in [0.3, 0.4) is 0 Å². The van der Waals surface area contributed by atoms with E-state index in [0.717, 1.165) is 0 Å². The number of hydrogen-bond acceptors (Lipinski definition) is 4. The van der Waals surface area contributed by atoms with Crippen LogP contribution in [-0.4, -0.2) is 39.8 Å². The Hall–Kier alpha value is -0.940. The van der Waals surface area contributed by atoms with Gasteiger partial charge in [0.2, 0.25) is 5.91 Å². The van der Waals surface area contributed by atoms with Crippen LogP contribution in [0.2, 0.25) is 0 Å². The second-order valence-electron chi connectivity index (χ2n) is 2.48. The number of carbonyl (C=O) groups is 2. The fourth-order valence-electron chi connectivity index (χ4n) is 1.00. The van der Waals surface area contributed by atoms with E-state index in [1.54, 1.807) is 0 Å². The molecule has 0 radical (unpaired) electrons. The van der Waals surface area contributed by atoms with Crippen molar-refractivity contribution in [3.63, 3.8) is 0 Å². The van der Waals surface area contributed by atoms with Crippen LogP contribution in [0.4, 0.5) is 0 Å². The molecule has 1 rings (SSSR count). The quantitative estimate of drug-likeness (QED) is 0.447. The first kappa shape index (κ1) is 8.16. The van der Waals surface area contributed by atoms with Gasteiger partial charge in [0.15, 0.2) is 0 Å². The average molecular weight is 159 g/mol. The molecule has 0 bridgehead atoms. The van der Waals surface area contributed by atoms with Gasteiger partial charge in [-0.25, -0.2) is 0 Å². The van der Waals surface area contributed by atoms with Crippen LogP contribution in [0.1, 0.15) is 6.92 Å². The van der Waals surface area contributed by atoms with Crippen LogP contribution in [-0.2, 0) is 9.59 Å². The Morgan fingerprint density at radius 2 is 2.00 bits per heavy atom. The lowest BCUT2D eigenvalue weighted by Crippen LogP contribution is -2.32. The normalized spacial score (nSPS) is 31.7. The number of hydrogen-bond donors (Lipinski definition) is 2. The van der Waals surface area contributed by atoms with Crippen molar-refractivity contribution in [2.75, 3.05) is 6.73 Å². The molecule has 2 N–H and O–H groups in total. The van der Waals surface area contributed by atoms with Crippen LogP contribution >= 0.6 is 0 Å². The molecule has 5 heteroatoms. The molecule has 2 atom stereocenters. The number of aliphatic hydroxyl groups excluding tert-OH is 2. The molecule has 1 saturated heterocycles. The largest absolute Gasteiger partial charge is 0.382 e. The number of likely N-dealkylation sites (tertiary alicyclic amines) is 1. The summed E-state index contributed by atoms with van der Waals surface area (Å²) in [7, 11) is 0. The van der Waals surface area contributed by atoms with E-state index in [9.17, 15) is 9.59 Å². The Balaban J connectivity index is 2.86.